The van der Waals surface area contributed by atoms with Crippen molar-refractivity contribution in [2.75, 3.05) is 6.54 Å². The van der Waals surface area contributed by atoms with Crippen molar-refractivity contribution in [3.8, 4) is 0 Å². The van der Waals surface area contributed by atoms with Crippen LogP contribution >= 0.6 is 27.5 Å². The highest BCUT2D eigenvalue weighted by Crippen LogP contribution is 2.29. The Bertz CT molecular complexity index is 513. The van der Waals surface area contributed by atoms with E-state index in [2.05, 4.69) is 20.3 Å². The molecule has 1 aliphatic carbocycles. The van der Waals surface area contributed by atoms with Crippen molar-refractivity contribution in [3.63, 3.8) is 0 Å². The molecule has 1 aromatic heterocycles. The third kappa shape index (κ3) is 2.41. The summed E-state index contributed by atoms with van der Waals surface area (Å²) in [4.78, 5) is 28.4. The van der Waals surface area contributed by atoms with Gasteiger partial charge in [0.05, 0.1) is 22.1 Å². The molecule has 0 aromatic carbocycles. The first-order valence-corrected chi connectivity index (χ1v) is 7.93. The second-order valence-electron chi connectivity index (χ2n) is 4.93. The van der Waals surface area contributed by atoms with Crippen molar-refractivity contribution in [1.82, 2.24) is 14.2 Å². The summed E-state index contributed by atoms with van der Waals surface area (Å²) in [5, 5.41) is 0. The summed E-state index contributed by atoms with van der Waals surface area (Å²) in [6, 6.07) is 0.114. The van der Waals surface area contributed by atoms with E-state index >= 15 is 0 Å². The molecular weight excluding hydrogens is 330 g/mol. The lowest BCUT2D eigenvalue weighted by atomic mass is 10.2. The third-order valence-corrected chi connectivity index (χ3v) is 5.47. The Morgan fingerprint density at radius 2 is 2.11 bits per heavy atom. The van der Waals surface area contributed by atoms with E-state index in [4.69, 9.17) is 0 Å². The smallest absolute Gasteiger partial charge is 0.312 e. The lowest BCUT2D eigenvalue weighted by Crippen LogP contribution is -2.37. The third-order valence-electron chi connectivity index (χ3n) is 3.75. The van der Waals surface area contributed by atoms with Gasteiger partial charge in [-0.2, -0.15) is 4.37 Å². The van der Waals surface area contributed by atoms with Gasteiger partial charge in [-0.05, 0) is 40.3 Å². The van der Waals surface area contributed by atoms with Gasteiger partial charge in [0, 0.05) is 6.04 Å². The lowest BCUT2D eigenvalue weighted by Gasteiger charge is -2.22. The number of hydrogen-bond acceptors (Lipinski definition) is 4. The number of carbonyl (C=O) groups excluding carboxylic acids is 2. The molecule has 1 aromatic rings. The molecule has 3 amide bonds. The Morgan fingerprint density at radius 3 is 2.74 bits per heavy atom. The molecule has 0 atom stereocenters. The van der Waals surface area contributed by atoms with Crippen molar-refractivity contribution < 1.29 is 9.59 Å². The molecule has 19 heavy (non-hydrogen) atoms. The van der Waals surface area contributed by atoms with Crippen LogP contribution in [-0.2, 0) is 11.3 Å². The van der Waals surface area contributed by atoms with Gasteiger partial charge >= 0.3 is 6.03 Å². The summed E-state index contributed by atoms with van der Waals surface area (Å²) in [5.41, 5.74) is 0. The van der Waals surface area contributed by atoms with Crippen molar-refractivity contribution >= 4 is 39.4 Å². The fourth-order valence-electron chi connectivity index (χ4n) is 2.72. The molecule has 2 aliphatic rings. The first kappa shape index (κ1) is 13.1. The normalized spacial score (nSPS) is 20.9. The molecule has 102 valence electrons. The van der Waals surface area contributed by atoms with Gasteiger partial charge in [-0.1, -0.05) is 12.8 Å². The number of imide groups is 1. The number of halogens is 1. The summed E-state index contributed by atoms with van der Waals surface area (Å²) >= 11 is 4.69. The van der Waals surface area contributed by atoms with E-state index in [0.717, 1.165) is 35.0 Å². The van der Waals surface area contributed by atoms with E-state index in [1.807, 2.05) is 0 Å². The monoisotopic (exact) mass is 343 g/mol. The van der Waals surface area contributed by atoms with Crippen molar-refractivity contribution in [2.24, 2.45) is 0 Å². The average Bonchev–Trinajstić information content (AvgIpc) is 3.08. The molecule has 0 spiro atoms. The van der Waals surface area contributed by atoms with Crippen molar-refractivity contribution in [2.45, 2.75) is 38.3 Å². The van der Waals surface area contributed by atoms with E-state index in [9.17, 15) is 9.59 Å². The van der Waals surface area contributed by atoms with E-state index in [1.54, 1.807) is 11.1 Å². The van der Waals surface area contributed by atoms with Gasteiger partial charge in [-0.3, -0.25) is 9.69 Å². The van der Waals surface area contributed by atoms with Gasteiger partial charge in [-0.25, -0.2) is 4.79 Å². The largest absolute Gasteiger partial charge is 0.327 e. The topological polar surface area (TPSA) is 53.5 Å². The highest BCUT2D eigenvalue weighted by Gasteiger charge is 2.40. The fourth-order valence-corrected chi connectivity index (χ4v) is 3.91. The van der Waals surface area contributed by atoms with Gasteiger partial charge in [0.25, 0.3) is 5.91 Å². The van der Waals surface area contributed by atoms with Gasteiger partial charge in [-0.15, -0.1) is 0 Å². The van der Waals surface area contributed by atoms with Crippen LogP contribution in [0.5, 0.6) is 0 Å². The Balaban J connectivity index is 1.74. The average molecular weight is 344 g/mol. The van der Waals surface area contributed by atoms with E-state index in [0.29, 0.717) is 6.54 Å². The van der Waals surface area contributed by atoms with Crippen LogP contribution < -0.4 is 0 Å². The van der Waals surface area contributed by atoms with Crippen LogP contribution in [0.15, 0.2) is 10.7 Å². The molecule has 2 fully saturated rings. The van der Waals surface area contributed by atoms with Crippen LogP contribution in [0.4, 0.5) is 4.79 Å². The van der Waals surface area contributed by atoms with Gasteiger partial charge in [0.2, 0.25) is 0 Å². The Labute approximate surface area is 123 Å². The van der Waals surface area contributed by atoms with Gasteiger partial charge in [0.1, 0.15) is 6.54 Å². The number of urea groups is 1. The quantitative estimate of drug-likeness (QED) is 0.792. The minimum atomic E-state index is -0.141. The predicted octanol–water partition coefficient (Wildman–Crippen LogP) is 2.61. The minimum Gasteiger partial charge on any atom is -0.312 e. The Morgan fingerprint density at radius 1 is 1.37 bits per heavy atom. The van der Waals surface area contributed by atoms with Crippen molar-refractivity contribution in [3.05, 3.63) is 15.5 Å². The number of hydrogen-bond donors (Lipinski definition) is 0. The molecule has 0 radical (unpaired) electrons. The molecule has 0 bridgehead atoms. The van der Waals surface area contributed by atoms with Gasteiger partial charge < -0.3 is 4.90 Å². The fraction of sp³-hybridized carbons (Fsp3) is 0.583. The summed E-state index contributed by atoms with van der Waals surface area (Å²) in [6.07, 6.45) is 6.06. The van der Waals surface area contributed by atoms with Crippen LogP contribution in [0.2, 0.25) is 0 Å². The van der Waals surface area contributed by atoms with Crippen LogP contribution in [0.25, 0.3) is 0 Å². The van der Waals surface area contributed by atoms with Crippen LogP contribution in [-0.4, -0.2) is 38.7 Å². The second-order valence-corrected chi connectivity index (χ2v) is 6.67. The minimum absolute atomic E-state index is 0.0998. The Hall–Kier alpha value is -0.950. The number of aromatic nitrogens is 1. The number of carbonyl (C=O) groups is 2. The van der Waals surface area contributed by atoms with E-state index < -0.39 is 0 Å². The highest BCUT2D eigenvalue weighted by molar-refractivity contribution is 9.10. The molecule has 2 heterocycles. The van der Waals surface area contributed by atoms with Crippen molar-refractivity contribution in [1.29, 1.82) is 0 Å². The highest BCUT2D eigenvalue weighted by atomic mass is 79.9. The summed E-state index contributed by atoms with van der Waals surface area (Å²) in [6.45, 7) is 0.562. The van der Waals surface area contributed by atoms with E-state index in [-0.39, 0.29) is 24.5 Å². The summed E-state index contributed by atoms with van der Waals surface area (Å²) < 4.78 is 4.90. The zero-order chi connectivity index (χ0) is 13.4. The molecule has 1 saturated heterocycles. The van der Waals surface area contributed by atoms with Crippen LogP contribution in [0.3, 0.4) is 0 Å². The maximum Gasteiger partial charge on any atom is 0.327 e. The maximum atomic E-state index is 12.3. The lowest BCUT2D eigenvalue weighted by molar-refractivity contribution is -0.125. The van der Waals surface area contributed by atoms with E-state index in [1.165, 1.54) is 16.4 Å². The maximum absolute atomic E-state index is 12.3. The van der Waals surface area contributed by atoms with Gasteiger partial charge in [0.15, 0.2) is 0 Å². The zero-order valence-electron chi connectivity index (χ0n) is 10.3. The zero-order valence-corrected chi connectivity index (χ0v) is 12.7. The molecular formula is C12H14BrN3O2S. The summed E-state index contributed by atoms with van der Waals surface area (Å²) in [5.74, 6) is -0.0998. The molecule has 7 heteroatoms. The number of nitrogens with zero attached hydrogens (tertiary/aromatic N) is 3. The Kier molecular flexibility index (Phi) is 3.58. The standard InChI is InChI=1S/C12H14BrN3O2S/c13-9-5-14-19-10(9)6-16-11(17)7-15(12(16)18)8-3-1-2-4-8/h5,8H,1-4,6-7H2. The number of rotatable bonds is 3. The van der Waals surface area contributed by atoms with Crippen LogP contribution in [0.1, 0.15) is 30.6 Å². The molecule has 0 N–H and O–H groups in total. The molecule has 3 rings (SSSR count). The molecule has 0 unspecified atom stereocenters. The molecule has 1 aliphatic heterocycles. The second kappa shape index (κ2) is 5.20. The first-order chi connectivity index (χ1) is 9.16. The predicted molar refractivity (Wildman–Crippen MR) is 74.7 cm³/mol. The summed E-state index contributed by atoms with van der Waals surface area (Å²) in [7, 11) is 0. The SMILES string of the molecule is O=C1CN(C2CCCC2)C(=O)N1Cc1sncc1Br. The molecule has 1 saturated carbocycles. The van der Waals surface area contributed by atoms with Crippen LogP contribution in [0, 0.1) is 0 Å². The number of amides is 3. The molecule has 5 nitrogen and oxygen atoms in total. The first-order valence-electron chi connectivity index (χ1n) is 6.37.